The van der Waals surface area contributed by atoms with Gasteiger partial charge in [0.25, 0.3) is 5.95 Å². The minimum atomic E-state index is 0.605. The molecular formula is C12H22N4O2. The highest BCUT2D eigenvalue weighted by molar-refractivity contribution is 5.27. The first kappa shape index (κ1) is 13.3. The Morgan fingerprint density at radius 1 is 1.33 bits per heavy atom. The first-order valence-electron chi connectivity index (χ1n) is 6.65. The highest BCUT2D eigenvalue weighted by atomic mass is 16.5. The second-order valence-corrected chi connectivity index (χ2v) is 4.81. The second-order valence-electron chi connectivity index (χ2n) is 4.81. The normalized spacial score (nSPS) is 18.0. The third kappa shape index (κ3) is 3.68. The summed E-state index contributed by atoms with van der Waals surface area (Å²) in [5, 5.41) is 4.02. The summed E-state index contributed by atoms with van der Waals surface area (Å²) in [6.07, 6.45) is 2.92. The molecule has 0 spiro atoms. The molecule has 0 bridgehead atoms. The molecule has 2 heterocycles. The monoisotopic (exact) mass is 254 g/mol. The molecule has 18 heavy (non-hydrogen) atoms. The lowest BCUT2D eigenvalue weighted by Gasteiger charge is -2.24. The zero-order valence-electron chi connectivity index (χ0n) is 11.0. The molecule has 2 N–H and O–H groups in total. The molecular weight excluding hydrogens is 232 g/mol. The van der Waals surface area contributed by atoms with Crippen molar-refractivity contribution < 1.29 is 9.26 Å². The zero-order valence-corrected chi connectivity index (χ0v) is 11.0. The largest absolute Gasteiger partial charge is 0.378 e. The number of hydrogen-bond acceptors (Lipinski definition) is 6. The van der Waals surface area contributed by atoms with Crippen LogP contribution in [0.4, 0.5) is 5.95 Å². The first-order chi connectivity index (χ1) is 8.79. The predicted octanol–water partition coefficient (Wildman–Crippen LogP) is 0.824. The van der Waals surface area contributed by atoms with Crippen LogP contribution in [-0.4, -0.2) is 43.0 Å². The van der Waals surface area contributed by atoms with Gasteiger partial charge in [-0.2, -0.15) is 4.98 Å². The lowest BCUT2D eigenvalue weighted by molar-refractivity contribution is 0.121. The highest BCUT2D eigenvalue weighted by Crippen LogP contribution is 2.15. The molecule has 2 rings (SSSR count). The van der Waals surface area contributed by atoms with Gasteiger partial charge in [0.2, 0.25) is 5.89 Å². The van der Waals surface area contributed by atoms with Crippen molar-refractivity contribution in [2.24, 2.45) is 11.7 Å². The lowest BCUT2D eigenvalue weighted by Crippen LogP contribution is -2.36. The smallest absolute Gasteiger partial charge is 0.266 e. The van der Waals surface area contributed by atoms with E-state index in [1.54, 1.807) is 0 Å². The van der Waals surface area contributed by atoms with Crippen molar-refractivity contribution in [3.8, 4) is 0 Å². The third-order valence-corrected chi connectivity index (χ3v) is 3.26. The molecule has 0 radical (unpaired) electrons. The SMILES string of the molecule is CC(CCN)CCc1nc(N2CCOCC2)no1. The van der Waals surface area contributed by atoms with Crippen LogP contribution < -0.4 is 10.6 Å². The number of hydrogen-bond donors (Lipinski definition) is 1. The summed E-state index contributed by atoms with van der Waals surface area (Å²) in [6, 6.07) is 0. The van der Waals surface area contributed by atoms with Crippen LogP contribution in [-0.2, 0) is 11.2 Å². The average Bonchev–Trinajstić information content (AvgIpc) is 2.87. The molecule has 1 aromatic rings. The topological polar surface area (TPSA) is 77.4 Å². The summed E-state index contributed by atoms with van der Waals surface area (Å²) >= 11 is 0. The molecule has 0 aliphatic carbocycles. The summed E-state index contributed by atoms with van der Waals surface area (Å²) in [7, 11) is 0. The van der Waals surface area contributed by atoms with Crippen molar-refractivity contribution in [2.75, 3.05) is 37.7 Å². The second kappa shape index (κ2) is 6.70. The van der Waals surface area contributed by atoms with Crippen LogP contribution in [0.25, 0.3) is 0 Å². The maximum absolute atomic E-state index is 5.53. The van der Waals surface area contributed by atoms with Crippen LogP contribution in [0, 0.1) is 5.92 Å². The zero-order chi connectivity index (χ0) is 12.8. The fraction of sp³-hybridized carbons (Fsp3) is 0.833. The Hall–Kier alpha value is -1.14. The highest BCUT2D eigenvalue weighted by Gasteiger charge is 2.17. The van der Waals surface area contributed by atoms with Gasteiger partial charge in [0.15, 0.2) is 0 Å². The predicted molar refractivity (Wildman–Crippen MR) is 68.5 cm³/mol. The molecule has 1 aliphatic rings. The summed E-state index contributed by atoms with van der Waals surface area (Å²) < 4.78 is 10.6. The minimum Gasteiger partial charge on any atom is -0.378 e. The average molecular weight is 254 g/mol. The van der Waals surface area contributed by atoms with E-state index in [1.807, 2.05) is 0 Å². The Kier molecular flexibility index (Phi) is 4.95. The number of nitrogens with two attached hydrogens (primary N) is 1. The third-order valence-electron chi connectivity index (χ3n) is 3.26. The lowest BCUT2D eigenvalue weighted by atomic mass is 10.0. The Balaban J connectivity index is 1.82. The molecule has 6 nitrogen and oxygen atoms in total. The van der Waals surface area contributed by atoms with Crippen molar-refractivity contribution >= 4 is 5.95 Å². The first-order valence-corrected chi connectivity index (χ1v) is 6.65. The van der Waals surface area contributed by atoms with Crippen molar-refractivity contribution in [3.05, 3.63) is 5.89 Å². The van der Waals surface area contributed by atoms with E-state index < -0.39 is 0 Å². The summed E-state index contributed by atoms with van der Waals surface area (Å²) in [6.45, 7) is 6.08. The molecule has 1 unspecified atom stereocenters. The van der Waals surface area contributed by atoms with Crippen LogP contribution in [0.2, 0.25) is 0 Å². The van der Waals surface area contributed by atoms with E-state index in [0.29, 0.717) is 11.9 Å². The van der Waals surface area contributed by atoms with Gasteiger partial charge in [-0.3, -0.25) is 0 Å². The molecule has 1 aromatic heterocycles. The maximum atomic E-state index is 5.53. The number of ether oxygens (including phenoxy) is 1. The van der Waals surface area contributed by atoms with E-state index in [0.717, 1.165) is 58.0 Å². The van der Waals surface area contributed by atoms with Crippen molar-refractivity contribution in [1.29, 1.82) is 0 Å². The van der Waals surface area contributed by atoms with Gasteiger partial charge in [0.1, 0.15) is 0 Å². The molecule has 0 saturated carbocycles. The van der Waals surface area contributed by atoms with Gasteiger partial charge in [-0.1, -0.05) is 6.92 Å². The van der Waals surface area contributed by atoms with E-state index in [4.69, 9.17) is 15.0 Å². The van der Waals surface area contributed by atoms with Gasteiger partial charge in [-0.25, -0.2) is 0 Å². The van der Waals surface area contributed by atoms with Crippen molar-refractivity contribution in [3.63, 3.8) is 0 Å². The summed E-state index contributed by atoms with van der Waals surface area (Å²) in [5.41, 5.74) is 5.53. The van der Waals surface area contributed by atoms with E-state index in [2.05, 4.69) is 22.0 Å². The van der Waals surface area contributed by atoms with Gasteiger partial charge < -0.3 is 19.9 Å². The van der Waals surface area contributed by atoms with Crippen LogP contribution in [0.3, 0.4) is 0 Å². The molecule has 1 atom stereocenters. The maximum Gasteiger partial charge on any atom is 0.266 e. The number of morpholine rings is 1. The Bertz CT molecular complexity index is 350. The van der Waals surface area contributed by atoms with Gasteiger partial charge in [0.05, 0.1) is 13.2 Å². The molecule has 1 aliphatic heterocycles. The molecule has 1 saturated heterocycles. The molecule has 6 heteroatoms. The van der Waals surface area contributed by atoms with Gasteiger partial charge in [-0.15, -0.1) is 0 Å². The molecule has 0 aromatic carbocycles. The van der Waals surface area contributed by atoms with E-state index in [9.17, 15) is 0 Å². The van der Waals surface area contributed by atoms with E-state index >= 15 is 0 Å². The minimum absolute atomic E-state index is 0.605. The Morgan fingerprint density at radius 3 is 2.83 bits per heavy atom. The standard InChI is InChI=1S/C12H22N4O2/c1-10(4-5-13)2-3-11-14-12(15-18-11)16-6-8-17-9-7-16/h10H,2-9,13H2,1H3. The van der Waals surface area contributed by atoms with Crippen LogP contribution >= 0.6 is 0 Å². The molecule has 0 amide bonds. The molecule has 102 valence electrons. The van der Waals surface area contributed by atoms with E-state index in [1.165, 1.54) is 0 Å². The Labute approximate surface area is 107 Å². The number of aryl methyl sites for hydroxylation is 1. The molecule has 1 fully saturated rings. The van der Waals surface area contributed by atoms with E-state index in [-0.39, 0.29) is 0 Å². The number of rotatable bonds is 6. The quantitative estimate of drug-likeness (QED) is 0.810. The summed E-state index contributed by atoms with van der Waals surface area (Å²) in [5.74, 6) is 2.02. The van der Waals surface area contributed by atoms with Crippen LogP contribution in [0.1, 0.15) is 25.7 Å². The van der Waals surface area contributed by atoms with Gasteiger partial charge >= 0.3 is 0 Å². The van der Waals surface area contributed by atoms with Gasteiger partial charge in [-0.05, 0) is 30.5 Å². The number of nitrogens with zero attached hydrogens (tertiary/aromatic N) is 3. The number of aromatic nitrogens is 2. The van der Waals surface area contributed by atoms with Crippen molar-refractivity contribution in [1.82, 2.24) is 10.1 Å². The van der Waals surface area contributed by atoms with Crippen molar-refractivity contribution in [2.45, 2.75) is 26.2 Å². The number of anilines is 1. The fourth-order valence-electron chi connectivity index (χ4n) is 2.04. The van der Waals surface area contributed by atoms with Crippen LogP contribution in [0.15, 0.2) is 4.52 Å². The Morgan fingerprint density at radius 2 is 2.11 bits per heavy atom. The van der Waals surface area contributed by atoms with Crippen LogP contribution in [0.5, 0.6) is 0 Å². The fourth-order valence-corrected chi connectivity index (χ4v) is 2.04. The summed E-state index contributed by atoms with van der Waals surface area (Å²) in [4.78, 5) is 6.52. The van der Waals surface area contributed by atoms with Gasteiger partial charge in [0, 0.05) is 19.5 Å².